The highest BCUT2D eigenvalue weighted by molar-refractivity contribution is 5.34. The fourth-order valence-corrected chi connectivity index (χ4v) is 1.11. The minimum absolute atomic E-state index is 0.0315. The standard InChI is InChI=1S/C10H13FO2/c1-8(12)9-4-2-3-5-10(9)13-7-6-11/h2-5,8,12H,6-7H2,1H3. The van der Waals surface area contributed by atoms with Crippen LogP contribution in [0.3, 0.4) is 0 Å². The lowest BCUT2D eigenvalue weighted by molar-refractivity contribution is 0.189. The van der Waals surface area contributed by atoms with Crippen molar-refractivity contribution in [3.05, 3.63) is 29.8 Å². The summed E-state index contributed by atoms with van der Waals surface area (Å²) in [7, 11) is 0. The molecule has 0 aromatic heterocycles. The molecular formula is C10H13FO2. The van der Waals surface area contributed by atoms with Gasteiger partial charge in [0, 0.05) is 5.56 Å². The SMILES string of the molecule is CC(O)c1ccccc1OCCF. The summed E-state index contributed by atoms with van der Waals surface area (Å²) >= 11 is 0. The number of halogens is 1. The van der Waals surface area contributed by atoms with Gasteiger partial charge in [0.05, 0.1) is 6.10 Å². The molecule has 0 heterocycles. The van der Waals surface area contributed by atoms with Crippen molar-refractivity contribution >= 4 is 0 Å². The van der Waals surface area contributed by atoms with Crippen molar-refractivity contribution in [1.29, 1.82) is 0 Å². The average molecular weight is 184 g/mol. The van der Waals surface area contributed by atoms with Crippen LogP contribution in [-0.4, -0.2) is 18.4 Å². The summed E-state index contributed by atoms with van der Waals surface area (Å²) in [6, 6.07) is 7.08. The molecule has 1 aromatic carbocycles. The second-order valence-corrected chi connectivity index (χ2v) is 2.75. The van der Waals surface area contributed by atoms with Gasteiger partial charge < -0.3 is 9.84 Å². The first kappa shape index (κ1) is 9.99. The molecule has 0 fully saturated rings. The number of benzene rings is 1. The van der Waals surface area contributed by atoms with Crippen LogP contribution >= 0.6 is 0 Å². The Morgan fingerprint density at radius 2 is 2.15 bits per heavy atom. The Bertz CT molecular complexity index is 261. The first-order valence-electron chi connectivity index (χ1n) is 4.21. The van der Waals surface area contributed by atoms with Crippen molar-refractivity contribution in [2.24, 2.45) is 0 Å². The van der Waals surface area contributed by atoms with Crippen molar-refractivity contribution in [2.45, 2.75) is 13.0 Å². The molecule has 0 bridgehead atoms. The van der Waals surface area contributed by atoms with E-state index in [1.165, 1.54) is 0 Å². The molecule has 0 saturated heterocycles. The molecule has 1 unspecified atom stereocenters. The lowest BCUT2D eigenvalue weighted by Crippen LogP contribution is -2.02. The third-order valence-electron chi connectivity index (χ3n) is 1.70. The maximum atomic E-state index is 11.8. The van der Waals surface area contributed by atoms with E-state index >= 15 is 0 Å². The number of rotatable bonds is 4. The Hall–Kier alpha value is -1.09. The van der Waals surface area contributed by atoms with Crippen molar-refractivity contribution in [2.75, 3.05) is 13.3 Å². The Morgan fingerprint density at radius 3 is 2.77 bits per heavy atom. The molecule has 72 valence electrons. The highest BCUT2D eigenvalue weighted by atomic mass is 19.1. The van der Waals surface area contributed by atoms with Crippen LogP contribution in [0.15, 0.2) is 24.3 Å². The molecule has 1 atom stereocenters. The predicted molar refractivity (Wildman–Crippen MR) is 48.5 cm³/mol. The molecule has 1 N–H and O–H groups in total. The quantitative estimate of drug-likeness (QED) is 0.776. The summed E-state index contributed by atoms with van der Waals surface area (Å²) in [5.41, 5.74) is 0.691. The van der Waals surface area contributed by atoms with Crippen molar-refractivity contribution in [1.82, 2.24) is 0 Å². The molecule has 0 radical (unpaired) electrons. The van der Waals surface area contributed by atoms with Gasteiger partial charge in [0.2, 0.25) is 0 Å². The number of alkyl halides is 1. The minimum atomic E-state index is -0.587. The minimum Gasteiger partial charge on any atom is -0.490 e. The topological polar surface area (TPSA) is 29.5 Å². The van der Waals surface area contributed by atoms with Crippen molar-refractivity contribution in [3.8, 4) is 5.75 Å². The number of aliphatic hydroxyl groups is 1. The Kier molecular flexibility index (Phi) is 3.71. The highest BCUT2D eigenvalue weighted by Gasteiger charge is 2.07. The molecule has 3 heteroatoms. The molecule has 0 saturated carbocycles. The molecule has 13 heavy (non-hydrogen) atoms. The molecule has 0 aliphatic heterocycles. The van der Waals surface area contributed by atoms with E-state index in [9.17, 15) is 9.50 Å². The van der Waals surface area contributed by atoms with E-state index in [0.717, 1.165) is 0 Å². The van der Waals surface area contributed by atoms with Crippen LogP contribution in [0, 0.1) is 0 Å². The molecule has 0 aliphatic carbocycles. The summed E-state index contributed by atoms with van der Waals surface area (Å²) in [4.78, 5) is 0. The van der Waals surface area contributed by atoms with Gasteiger partial charge in [0.15, 0.2) is 0 Å². The maximum Gasteiger partial charge on any atom is 0.125 e. The van der Waals surface area contributed by atoms with Crippen molar-refractivity contribution in [3.63, 3.8) is 0 Å². The van der Waals surface area contributed by atoms with E-state index < -0.39 is 12.8 Å². The average Bonchev–Trinajstić information content (AvgIpc) is 2.15. The normalized spacial score (nSPS) is 12.5. The zero-order valence-electron chi connectivity index (χ0n) is 7.53. The zero-order valence-corrected chi connectivity index (χ0v) is 7.53. The van der Waals surface area contributed by atoms with Crippen molar-refractivity contribution < 1.29 is 14.2 Å². The van der Waals surface area contributed by atoms with Crippen LogP contribution < -0.4 is 4.74 Å². The van der Waals surface area contributed by atoms with E-state index in [1.807, 2.05) is 6.07 Å². The lowest BCUT2D eigenvalue weighted by Gasteiger charge is -2.11. The highest BCUT2D eigenvalue weighted by Crippen LogP contribution is 2.24. The number of para-hydroxylation sites is 1. The molecule has 1 rings (SSSR count). The van der Waals surface area contributed by atoms with Crippen LogP contribution in [0.4, 0.5) is 4.39 Å². The second-order valence-electron chi connectivity index (χ2n) is 2.75. The molecule has 0 amide bonds. The smallest absolute Gasteiger partial charge is 0.125 e. The summed E-state index contributed by atoms with van der Waals surface area (Å²) in [6.45, 7) is 1.16. The van der Waals surface area contributed by atoms with Gasteiger partial charge in [-0.2, -0.15) is 0 Å². The second kappa shape index (κ2) is 4.82. The summed E-state index contributed by atoms with van der Waals surface area (Å²) in [6.07, 6.45) is -0.587. The van der Waals surface area contributed by atoms with E-state index in [4.69, 9.17) is 4.74 Å². The Labute approximate surface area is 77.0 Å². The van der Waals surface area contributed by atoms with E-state index in [2.05, 4.69) is 0 Å². The predicted octanol–water partition coefficient (Wildman–Crippen LogP) is 2.09. The number of ether oxygens (including phenoxy) is 1. The fourth-order valence-electron chi connectivity index (χ4n) is 1.11. The summed E-state index contributed by atoms with van der Waals surface area (Å²) in [5, 5.41) is 9.33. The summed E-state index contributed by atoms with van der Waals surface area (Å²) in [5.74, 6) is 0.551. The van der Waals surface area contributed by atoms with Crippen LogP contribution in [0.5, 0.6) is 5.75 Å². The number of aliphatic hydroxyl groups excluding tert-OH is 1. The van der Waals surface area contributed by atoms with Gasteiger partial charge >= 0.3 is 0 Å². The maximum absolute atomic E-state index is 11.8. The van der Waals surface area contributed by atoms with Crippen LogP contribution in [0.2, 0.25) is 0 Å². The Morgan fingerprint density at radius 1 is 1.46 bits per heavy atom. The van der Waals surface area contributed by atoms with Crippen LogP contribution in [0.25, 0.3) is 0 Å². The first-order chi connectivity index (χ1) is 6.25. The number of hydrogen-bond acceptors (Lipinski definition) is 2. The third-order valence-corrected chi connectivity index (χ3v) is 1.70. The van der Waals surface area contributed by atoms with E-state index in [1.54, 1.807) is 25.1 Å². The van der Waals surface area contributed by atoms with Gasteiger partial charge in [-0.3, -0.25) is 0 Å². The van der Waals surface area contributed by atoms with Crippen LogP contribution in [-0.2, 0) is 0 Å². The monoisotopic (exact) mass is 184 g/mol. The molecular weight excluding hydrogens is 171 g/mol. The molecule has 0 aliphatic rings. The Balaban J connectivity index is 2.78. The fraction of sp³-hybridized carbons (Fsp3) is 0.400. The largest absolute Gasteiger partial charge is 0.490 e. The molecule has 2 nitrogen and oxygen atoms in total. The number of hydrogen-bond donors (Lipinski definition) is 1. The van der Waals surface area contributed by atoms with Gasteiger partial charge in [-0.1, -0.05) is 18.2 Å². The van der Waals surface area contributed by atoms with Gasteiger partial charge in [-0.15, -0.1) is 0 Å². The van der Waals surface area contributed by atoms with Gasteiger partial charge in [-0.25, -0.2) is 4.39 Å². The third kappa shape index (κ3) is 2.70. The molecule has 1 aromatic rings. The van der Waals surface area contributed by atoms with E-state index in [0.29, 0.717) is 11.3 Å². The first-order valence-corrected chi connectivity index (χ1v) is 4.21. The molecule has 0 spiro atoms. The van der Waals surface area contributed by atoms with Crippen LogP contribution in [0.1, 0.15) is 18.6 Å². The van der Waals surface area contributed by atoms with E-state index in [-0.39, 0.29) is 6.61 Å². The summed E-state index contributed by atoms with van der Waals surface area (Å²) < 4.78 is 16.9. The lowest BCUT2D eigenvalue weighted by atomic mass is 10.1. The zero-order chi connectivity index (χ0) is 9.68. The van der Waals surface area contributed by atoms with Gasteiger partial charge in [-0.05, 0) is 13.0 Å². The van der Waals surface area contributed by atoms with Gasteiger partial charge in [0.1, 0.15) is 19.0 Å². The van der Waals surface area contributed by atoms with Gasteiger partial charge in [0.25, 0.3) is 0 Å².